The zero-order valence-corrected chi connectivity index (χ0v) is 14.3. The number of nitrogens with zero attached hydrogens (tertiary/aromatic N) is 3. The van der Waals surface area contributed by atoms with Crippen molar-refractivity contribution in [2.75, 3.05) is 0 Å². The molecule has 2 heterocycles. The first-order valence-corrected chi connectivity index (χ1v) is 8.11. The molecular formula is C20H20FN3O. The standard InChI is InChI=1S/C20H20FN3O/c1-13(2)20-23-18(16-5-4-10-22-11-16)19(24(20)12-14(3)25)15-6-8-17(21)9-7-15/h4-11,13,25H,3,12H2,1-2H3. The first-order valence-electron chi connectivity index (χ1n) is 8.11. The Hall–Kier alpha value is -2.95. The second-order valence-corrected chi connectivity index (χ2v) is 6.22. The Balaban J connectivity index is 2.30. The van der Waals surface area contributed by atoms with Crippen molar-refractivity contribution in [3.05, 3.63) is 72.8 Å². The van der Waals surface area contributed by atoms with Gasteiger partial charge >= 0.3 is 0 Å². The number of aliphatic hydroxyl groups is 1. The molecule has 4 nitrogen and oxygen atoms in total. The van der Waals surface area contributed by atoms with Crippen LogP contribution >= 0.6 is 0 Å². The topological polar surface area (TPSA) is 50.9 Å². The Bertz CT molecular complexity index is 883. The molecule has 0 saturated carbocycles. The molecule has 5 heteroatoms. The zero-order valence-electron chi connectivity index (χ0n) is 14.3. The van der Waals surface area contributed by atoms with Gasteiger partial charge in [0, 0.05) is 29.4 Å². The zero-order chi connectivity index (χ0) is 18.0. The van der Waals surface area contributed by atoms with E-state index in [1.807, 2.05) is 30.5 Å². The van der Waals surface area contributed by atoms with Crippen molar-refractivity contribution < 1.29 is 9.50 Å². The summed E-state index contributed by atoms with van der Waals surface area (Å²) >= 11 is 0. The molecule has 128 valence electrons. The lowest BCUT2D eigenvalue weighted by Crippen LogP contribution is -2.08. The van der Waals surface area contributed by atoms with Crippen molar-refractivity contribution in [3.8, 4) is 22.5 Å². The molecule has 1 aromatic carbocycles. The van der Waals surface area contributed by atoms with Gasteiger partial charge in [0.05, 0.1) is 17.9 Å². The summed E-state index contributed by atoms with van der Waals surface area (Å²) in [4.78, 5) is 8.99. The third kappa shape index (κ3) is 3.45. The quantitative estimate of drug-likeness (QED) is 0.670. The molecular weight excluding hydrogens is 317 g/mol. The highest BCUT2D eigenvalue weighted by Gasteiger charge is 2.22. The number of hydrogen-bond acceptors (Lipinski definition) is 3. The van der Waals surface area contributed by atoms with Crippen LogP contribution in [-0.2, 0) is 6.54 Å². The number of hydrogen-bond donors (Lipinski definition) is 1. The number of aliphatic hydroxyl groups excluding tert-OH is 1. The van der Waals surface area contributed by atoms with Gasteiger partial charge in [-0.05, 0) is 36.4 Å². The Morgan fingerprint density at radius 1 is 1.20 bits per heavy atom. The number of rotatable bonds is 5. The van der Waals surface area contributed by atoms with Gasteiger partial charge in [0.15, 0.2) is 0 Å². The van der Waals surface area contributed by atoms with E-state index in [1.165, 1.54) is 12.1 Å². The molecule has 1 N–H and O–H groups in total. The summed E-state index contributed by atoms with van der Waals surface area (Å²) < 4.78 is 15.3. The van der Waals surface area contributed by atoms with Crippen molar-refractivity contribution in [1.82, 2.24) is 14.5 Å². The summed E-state index contributed by atoms with van der Waals surface area (Å²) in [6, 6.07) is 10.1. The maximum Gasteiger partial charge on any atom is 0.123 e. The molecule has 0 aliphatic carbocycles. The van der Waals surface area contributed by atoms with Crippen LogP contribution in [0.2, 0.25) is 0 Å². The van der Waals surface area contributed by atoms with Crippen LogP contribution in [0.4, 0.5) is 4.39 Å². The molecule has 2 aromatic heterocycles. The van der Waals surface area contributed by atoms with Crippen molar-refractivity contribution in [2.45, 2.75) is 26.3 Å². The Morgan fingerprint density at radius 3 is 2.48 bits per heavy atom. The van der Waals surface area contributed by atoms with Crippen LogP contribution in [0.5, 0.6) is 0 Å². The van der Waals surface area contributed by atoms with Gasteiger partial charge in [-0.15, -0.1) is 0 Å². The fourth-order valence-corrected chi connectivity index (χ4v) is 2.86. The van der Waals surface area contributed by atoms with E-state index in [2.05, 4.69) is 11.6 Å². The van der Waals surface area contributed by atoms with E-state index >= 15 is 0 Å². The van der Waals surface area contributed by atoms with Crippen LogP contribution in [0.25, 0.3) is 22.5 Å². The minimum absolute atomic E-state index is 0.0420. The van der Waals surface area contributed by atoms with Gasteiger partial charge in [0.2, 0.25) is 0 Å². The van der Waals surface area contributed by atoms with Gasteiger partial charge in [-0.3, -0.25) is 4.98 Å². The molecule has 0 radical (unpaired) electrons. The number of allylic oxidation sites excluding steroid dienone is 1. The third-order valence-electron chi connectivity index (χ3n) is 3.91. The summed E-state index contributed by atoms with van der Waals surface area (Å²) in [6.07, 6.45) is 3.45. The fraction of sp³-hybridized carbons (Fsp3) is 0.200. The summed E-state index contributed by atoms with van der Waals surface area (Å²) in [7, 11) is 0. The lowest BCUT2D eigenvalue weighted by molar-refractivity contribution is 0.376. The smallest absolute Gasteiger partial charge is 0.123 e. The summed E-state index contributed by atoms with van der Waals surface area (Å²) in [5, 5.41) is 9.79. The summed E-state index contributed by atoms with van der Waals surface area (Å²) in [6.45, 7) is 7.93. The van der Waals surface area contributed by atoms with E-state index in [0.29, 0.717) is 0 Å². The summed E-state index contributed by atoms with van der Waals surface area (Å²) in [5.41, 5.74) is 3.25. The van der Waals surface area contributed by atoms with Gasteiger partial charge in [-0.25, -0.2) is 9.37 Å². The van der Waals surface area contributed by atoms with Crippen LogP contribution in [0.15, 0.2) is 61.1 Å². The van der Waals surface area contributed by atoms with Gasteiger partial charge in [-0.2, -0.15) is 0 Å². The minimum Gasteiger partial charge on any atom is -0.511 e. The van der Waals surface area contributed by atoms with E-state index in [0.717, 1.165) is 28.3 Å². The fourth-order valence-electron chi connectivity index (χ4n) is 2.86. The van der Waals surface area contributed by atoms with E-state index in [-0.39, 0.29) is 24.0 Å². The molecule has 3 aromatic rings. The summed E-state index contributed by atoms with van der Waals surface area (Å²) in [5.74, 6) is 0.714. The largest absolute Gasteiger partial charge is 0.511 e. The highest BCUT2D eigenvalue weighted by molar-refractivity contribution is 5.79. The van der Waals surface area contributed by atoms with Crippen LogP contribution < -0.4 is 0 Å². The minimum atomic E-state index is -0.298. The molecule has 0 saturated heterocycles. The first kappa shape index (κ1) is 16.9. The SMILES string of the molecule is C=C(O)Cn1c(C(C)C)nc(-c2cccnc2)c1-c1ccc(F)cc1. The normalized spacial score (nSPS) is 11.0. The molecule has 0 atom stereocenters. The number of imidazole rings is 1. The predicted octanol–water partition coefficient (Wildman–Crippen LogP) is 4.95. The molecule has 25 heavy (non-hydrogen) atoms. The van der Waals surface area contributed by atoms with Crippen molar-refractivity contribution >= 4 is 0 Å². The average molecular weight is 337 g/mol. The van der Waals surface area contributed by atoms with E-state index in [1.54, 1.807) is 24.5 Å². The third-order valence-corrected chi connectivity index (χ3v) is 3.91. The highest BCUT2D eigenvalue weighted by atomic mass is 19.1. The lowest BCUT2D eigenvalue weighted by Gasteiger charge is -2.14. The molecule has 0 fully saturated rings. The predicted molar refractivity (Wildman–Crippen MR) is 96.7 cm³/mol. The first-order chi connectivity index (χ1) is 12.0. The maximum absolute atomic E-state index is 13.4. The van der Waals surface area contributed by atoms with Crippen LogP contribution in [0.3, 0.4) is 0 Å². The average Bonchev–Trinajstić information content (AvgIpc) is 2.95. The van der Waals surface area contributed by atoms with Gasteiger partial charge in [0.1, 0.15) is 17.4 Å². The van der Waals surface area contributed by atoms with Crippen LogP contribution in [-0.4, -0.2) is 19.6 Å². The molecule has 3 rings (SSSR count). The van der Waals surface area contributed by atoms with E-state index in [4.69, 9.17) is 4.98 Å². The molecule has 0 aliphatic rings. The molecule has 0 amide bonds. The number of pyridine rings is 1. The van der Waals surface area contributed by atoms with Gasteiger partial charge in [0.25, 0.3) is 0 Å². The van der Waals surface area contributed by atoms with Crippen molar-refractivity contribution in [1.29, 1.82) is 0 Å². The van der Waals surface area contributed by atoms with Crippen molar-refractivity contribution in [3.63, 3.8) is 0 Å². The number of benzene rings is 1. The number of halogens is 1. The van der Waals surface area contributed by atoms with Crippen LogP contribution in [0.1, 0.15) is 25.6 Å². The second-order valence-electron chi connectivity index (χ2n) is 6.22. The Kier molecular flexibility index (Phi) is 4.65. The van der Waals surface area contributed by atoms with Crippen molar-refractivity contribution in [2.24, 2.45) is 0 Å². The van der Waals surface area contributed by atoms with E-state index in [9.17, 15) is 9.50 Å². The maximum atomic E-state index is 13.4. The molecule has 0 bridgehead atoms. The number of aromatic nitrogens is 3. The molecule has 0 unspecified atom stereocenters. The second kappa shape index (κ2) is 6.89. The van der Waals surface area contributed by atoms with Crippen LogP contribution in [0, 0.1) is 5.82 Å². The monoisotopic (exact) mass is 337 g/mol. The molecule has 0 spiro atoms. The lowest BCUT2D eigenvalue weighted by atomic mass is 10.1. The Labute approximate surface area is 146 Å². The van der Waals surface area contributed by atoms with Gasteiger partial charge in [-0.1, -0.05) is 20.4 Å². The van der Waals surface area contributed by atoms with Gasteiger partial charge < -0.3 is 9.67 Å². The highest BCUT2D eigenvalue weighted by Crippen LogP contribution is 2.35. The Morgan fingerprint density at radius 2 is 1.92 bits per heavy atom. The molecule has 0 aliphatic heterocycles. The van der Waals surface area contributed by atoms with E-state index < -0.39 is 0 Å².